The van der Waals surface area contributed by atoms with Gasteiger partial charge in [0.2, 0.25) is 12.5 Å². The van der Waals surface area contributed by atoms with Gasteiger partial charge >= 0.3 is 6.01 Å². The minimum Gasteiger partial charge on any atom is -0.462 e. The molecule has 9 nitrogen and oxygen atoms in total. The molecule has 0 aliphatic carbocycles. The van der Waals surface area contributed by atoms with Gasteiger partial charge in [-0.2, -0.15) is 9.97 Å². The van der Waals surface area contributed by atoms with E-state index in [1.165, 1.54) is 12.1 Å². The van der Waals surface area contributed by atoms with E-state index in [1.807, 2.05) is 11.0 Å². The molecular weight excluding hydrogens is 485 g/mol. The number of carbonyl (C=O) groups excluding carboxylic acids is 1. The molecule has 3 aliphatic heterocycles. The summed E-state index contributed by atoms with van der Waals surface area (Å²) in [6, 6.07) is 7.19. The highest BCUT2D eigenvalue weighted by Crippen LogP contribution is 2.33. The summed E-state index contributed by atoms with van der Waals surface area (Å²) < 4.78 is 20.8. The van der Waals surface area contributed by atoms with Crippen molar-refractivity contribution in [3.8, 4) is 6.01 Å². The second-order valence-corrected chi connectivity index (χ2v) is 10.1. The SMILES string of the molecule is [C-]#[N+]CC1CN(c2nc(OC[C@@H]3CCCN3C)nc3c2CCN(c2ccccc2F)C3)CCN1C(=O)C=C. The summed E-state index contributed by atoms with van der Waals surface area (Å²) in [5.74, 6) is 0.378. The highest BCUT2D eigenvalue weighted by Gasteiger charge is 2.35. The van der Waals surface area contributed by atoms with Gasteiger partial charge in [0, 0.05) is 37.8 Å². The molecule has 2 atom stereocenters. The summed E-state index contributed by atoms with van der Waals surface area (Å²) in [6.07, 6.45) is 4.19. The Morgan fingerprint density at radius 2 is 2.05 bits per heavy atom. The molecule has 1 amide bonds. The monoisotopic (exact) mass is 519 g/mol. The molecule has 2 saturated heterocycles. The molecule has 4 heterocycles. The van der Waals surface area contributed by atoms with E-state index in [0.29, 0.717) is 63.5 Å². The van der Waals surface area contributed by atoms with Gasteiger partial charge < -0.3 is 29.2 Å². The largest absolute Gasteiger partial charge is 0.462 e. The number of ether oxygens (including phenoxy) is 1. The van der Waals surface area contributed by atoms with Crippen molar-refractivity contribution in [1.82, 2.24) is 19.8 Å². The molecule has 0 spiro atoms. The molecular formula is C28H34FN7O2. The Kier molecular flexibility index (Phi) is 7.74. The van der Waals surface area contributed by atoms with Crippen LogP contribution in [-0.4, -0.2) is 90.7 Å². The molecule has 0 radical (unpaired) electrons. The maximum absolute atomic E-state index is 14.6. The number of benzene rings is 1. The summed E-state index contributed by atoms with van der Waals surface area (Å²) in [5, 5.41) is 0. The Hall–Kier alpha value is -3.71. The normalized spacial score (nSPS) is 21.7. The van der Waals surface area contributed by atoms with Crippen molar-refractivity contribution in [3.63, 3.8) is 0 Å². The third kappa shape index (κ3) is 5.29. The topological polar surface area (TPSA) is 69.4 Å². The molecule has 0 N–H and O–H groups in total. The van der Waals surface area contributed by atoms with Gasteiger partial charge in [-0.1, -0.05) is 18.7 Å². The molecule has 1 unspecified atom stereocenters. The maximum atomic E-state index is 14.6. The lowest BCUT2D eigenvalue weighted by atomic mass is 10.0. The van der Waals surface area contributed by atoms with Gasteiger partial charge in [0.25, 0.3) is 0 Å². The molecule has 200 valence electrons. The van der Waals surface area contributed by atoms with E-state index >= 15 is 0 Å². The van der Waals surface area contributed by atoms with Gasteiger partial charge in [0.15, 0.2) is 0 Å². The number of likely N-dealkylation sites (N-methyl/N-ethyl adjacent to an activating group) is 1. The van der Waals surface area contributed by atoms with Crippen molar-refractivity contribution in [2.24, 2.45) is 0 Å². The van der Waals surface area contributed by atoms with Crippen molar-refractivity contribution in [2.75, 3.05) is 62.7 Å². The van der Waals surface area contributed by atoms with E-state index in [-0.39, 0.29) is 24.3 Å². The zero-order chi connectivity index (χ0) is 26.6. The van der Waals surface area contributed by atoms with Crippen molar-refractivity contribution in [2.45, 2.75) is 37.9 Å². The van der Waals surface area contributed by atoms with Crippen LogP contribution in [0.1, 0.15) is 24.1 Å². The fourth-order valence-corrected chi connectivity index (χ4v) is 5.71. The van der Waals surface area contributed by atoms with E-state index in [4.69, 9.17) is 21.3 Å². The number of likely N-dealkylation sites (tertiary alicyclic amines) is 1. The molecule has 1 aromatic carbocycles. The van der Waals surface area contributed by atoms with Crippen molar-refractivity contribution in [1.29, 1.82) is 0 Å². The zero-order valence-electron chi connectivity index (χ0n) is 21.9. The van der Waals surface area contributed by atoms with Crippen LogP contribution in [0.2, 0.25) is 0 Å². The lowest BCUT2D eigenvalue weighted by Crippen LogP contribution is -2.56. The van der Waals surface area contributed by atoms with E-state index in [1.54, 1.807) is 17.0 Å². The van der Waals surface area contributed by atoms with Crippen molar-refractivity contribution >= 4 is 17.4 Å². The first kappa shape index (κ1) is 25.9. The predicted molar refractivity (Wildman–Crippen MR) is 144 cm³/mol. The van der Waals surface area contributed by atoms with Crippen molar-refractivity contribution < 1.29 is 13.9 Å². The second kappa shape index (κ2) is 11.4. The van der Waals surface area contributed by atoms with Crippen LogP contribution in [-0.2, 0) is 17.8 Å². The van der Waals surface area contributed by atoms with E-state index in [9.17, 15) is 9.18 Å². The molecule has 2 aromatic rings. The average Bonchev–Trinajstić information content (AvgIpc) is 3.35. The number of para-hydroxylation sites is 1. The minimum atomic E-state index is -0.257. The van der Waals surface area contributed by atoms with Crippen LogP contribution in [0.3, 0.4) is 0 Å². The first-order valence-corrected chi connectivity index (χ1v) is 13.2. The number of rotatable bonds is 7. The number of amides is 1. The third-order valence-corrected chi connectivity index (χ3v) is 7.83. The van der Waals surface area contributed by atoms with Crippen LogP contribution < -0.4 is 14.5 Å². The number of carbonyl (C=O) groups is 1. The molecule has 0 saturated carbocycles. The number of hydrogen-bond acceptors (Lipinski definition) is 7. The number of anilines is 2. The van der Waals surface area contributed by atoms with Gasteiger partial charge in [-0.3, -0.25) is 4.79 Å². The Bertz CT molecular complexity index is 1230. The molecule has 0 bridgehead atoms. The smallest absolute Gasteiger partial charge is 0.318 e. The third-order valence-electron chi connectivity index (χ3n) is 7.83. The van der Waals surface area contributed by atoms with Gasteiger partial charge in [-0.25, -0.2) is 11.0 Å². The Balaban J connectivity index is 1.45. The maximum Gasteiger partial charge on any atom is 0.318 e. The molecule has 38 heavy (non-hydrogen) atoms. The van der Waals surface area contributed by atoms with Crippen LogP contribution in [0, 0.1) is 12.4 Å². The molecule has 10 heteroatoms. The lowest BCUT2D eigenvalue weighted by Gasteiger charge is -2.41. The van der Waals surface area contributed by atoms with Crippen LogP contribution in [0.15, 0.2) is 36.9 Å². The molecule has 5 rings (SSSR count). The van der Waals surface area contributed by atoms with Crippen LogP contribution in [0.25, 0.3) is 4.85 Å². The summed E-state index contributed by atoms with van der Waals surface area (Å²) in [7, 11) is 2.11. The fourth-order valence-electron chi connectivity index (χ4n) is 5.71. The number of halogens is 1. The molecule has 3 aliphatic rings. The number of fused-ring (bicyclic) bond motifs is 1. The van der Waals surface area contributed by atoms with Crippen LogP contribution in [0.4, 0.5) is 15.9 Å². The van der Waals surface area contributed by atoms with Crippen LogP contribution in [0.5, 0.6) is 6.01 Å². The summed E-state index contributed by atoms with van der Waals surface area (Å²) in [6.45, 7) is 15.4. The number of nitrogens with zero attached hydrogens (tertiary/aromatic N) is 7. The Labute approximate surface area is 223 Å². The van der Waals surface area contributed by atoms with Gasteiger partial charge in [-0.05, 0) is 51.1 Å². The second-order valence-electron chi connectivity index (χ2n) is 10.1. The highest BCUT2D eigenvalue weighted by atomic mass is 19.1. The van der Waals surface area contributed by atoms with E-state index in [0.717, 1.165) is 36.5 Å². The standard InChI is InChI=1S/C28H34FN7O2/c1-4-26(37)36-15-14-35(17-21(36)16-30-2)27-22-11-13-34(25-10-6-5-9-23(25)29)18-24(22)31-28(32-27)38-19-20-8-7-12-33(20)3/h4-6,9-10,20-21H,1,7-8,11-19H2,3H3/t20-,21?/m0/s1. The zero-order valence-corrected chi connectivity index (χ0v) is 21.9. The van der Waals surface area contributed by atoms with E-state index < -0.39 is 0 Å². The summed E-state index contributed by atoms with van der Waals surface area (Å²) in [5.41, 5.74) is 2.40. The summed E-state index contributed by atoms with van der Waals surface area (Å²) in [4.78, 5) is 33.9. The average molecular weight is 520 g/mol. The highest BCUT2D eigenvalue weighted by molar-refractivity contribution is 5.87. The van der Waals surface area contributed by atoms with Gasteiger partial charge in [0.1, 0.15) is 24.3 Å². The number of piperazine rings is 1. The van der Waals surface area contributed by atoms with Crippen molar-refractivity contribution in [3.05, 3.63) is 65.4 Å². The fraction of sp³-hybridized carbons (Fsp3) is 0.500. The lowest BCUT2D eigenvalue weighted by molar-refractivity contribution is -0.128. The van der Waals surface area contributed by atoms with E-state index in [2.05, 4.69) is 28.3 Å². The molecule has 2 fully saturated rings. The van der Waals surface area contributed by atoms with Crippen LogP contribution >= 0.6 is 0 Å². The molecule has 1 aromatic heterocycles. The predicted octanol–water partition coefficient (Wildman–Crippen LogP) is 2.77. The van der Waals surface area contributed by atoms with Gasteiger partial charge in [-0.15, -0.1) is 0 Å². The Morgan fingerprint density at radius 1 is 1.21 bits per heavy atom. The first-order valence-electron chi connectivity index (χ1n) is 13.2. The number of hydrogen-bond donors (Lipinski definition) is 0. The summed E-state index contributed by atoms with van der Waals surface area (Å²) >= 11 is 0. The first-order chi connectivity index (χ1) is 18.5. The minimum absolute atomic E-state index is 0.159. The van der Waals surface area contributed by atoms with Gasteiger partial charge in [0.05, 0.1) is 17.9 Å². The number of aromatic nitrogens is 2. The Morgan fingerprint density at radius 3 is 2.79 bits per heavy atom. The quantitative estimate of drug-likeness (QED) is 0.412.